The molecule has 1 heterocycles. The van der Waals surface area contributed by atoms with Crippen molar-refractivity contribution < 1.29 is 23.6 Å². The highest BCUT2D eigenvalue weighted by molar-refractivity contribution is 6.60. The molecule has 0 aromatic heterocycles. The van der Waals surface area contributed by atoms with Crippen LogP contribution in [-0.2, 0) is 20.5 Å². The molecule has 1 aromatic rings. The van der Waals surface area contributed by atoms with Gasteiger partial charge in [-0.25, -0.2) is 4.79 Å². The highest BCUT2D eigenvalue weighted by atomic mass is 35.5. The van der Waals surface area contributed by atoms with Crippen molar-refractivity contribution >= 4 is 36.3 Å². The standard InChI is InChI=1S/C24H33BCl2O5/c1-22(2,3)30-21(28)19-15(26)9-8-13(20(19)29-7)10-18(27)25-31-17-12-14-11-16(23(14,4)5)24(17,6)32-25/h8-9,14,16-18H,10-12H2,1-7H3/t14-,16+,17?,18-,24+/m1/s1. The summed E-state index contributed by atoms with van der Waals surface area (Å²) in [5.41, 5.74) is 0.272. The first-order valence-electron chi connectivity index (χ1n) is 11.3. The van der Waals surface area contributed by atoms with E-state index in [-0.39, 0.29) is 27.7 Å². The summed E-state index contributed by atoms with van der Waals surface area (Å²) in [5.74, 6) is 0.995. The Hall–Kier alpha value is -0.945. The van der Waals surface area contributed by atoms with E-state index >= 15 is 0 Å². The lowest BCUT2D eigenvalue weighted by molar-refractivity contribution is -0.199. The second-order valence-electron chi connectivity index (χ2n) is 11.2. The van der Waals surface area contributed by atoms with E-state index in [9.17, 15) is 4.79 Å². The smallest absolute Gasteiger partial charge is 0.477 e. The van der Waals surface area contributed by atoms with Gasteiger partial charge >= 0.3 is 13.1 Å². The largest absolute Gasteiger partial charge is 0.496 e. The van der Waals surface area contributed by atoms with Gasteiger partial charge in [-0.15, -0.1) is 11.6 Å². The molecule has 32 heavy (non-hydrogen) atoms. The Morgan fingerprint density at radius 3 is 2.56 bits per heavy atom. The summed E-state index contributed by atoms with van der Waals surface area (Å²) < 4.78 is 24.0. The van der Waals surface area contributed by atoms with Crippen LogP contribution in [0.3, 0.4) is 0 Å². The minimum atomic E-state index is -0.651. The molecule has 5 nitrogen and oxygen atoms in total. The van der Waals surface area contributed by atoms with E-state index in [2.05, 4.69) is 20.8 Å². The van der Waals surface area contributed by atoms with Crippen molar-refractivity contribution in [3.63, 3.8) is 0 Å². The Kier molecular flexibility index (Phi) is 6.10. The molecule has 5 rings (SSSR count). The number of benzene rings is 1. The molecule has 5 atom stereocenters. The zero-order valence-electron chi connectivity index (χ0n) is 20.0. The molecule has 0 spiro atoms. The fourth-order valence-corrected chi connectivity index (χ4v) is 6.38. The van der Waals surface area contributed by atoms with Gasteiger partial charge in [-0.3, -0.25) is 0 Å². The van der Waals surface area contributed by atoms with Crippen molar-refractivity contribution in [3.05, 3.63) is 28.3 Å². The van der Waals surface area contributed by atoms with Gasteiger partial charge in [0, 0.05) is 0 Å². The highest BCUT2D eigenvalue weighted by Crippen LogP contribution is 2.65. The van der Waals surface area contributed by atoms with Gasteiger partial charge in [0.15, 0.2) is 0 Å². The normalized spacial score (nSPS) is 31.5. The summed E-state index contributed by atoms with van der Waals surface area (Å²) in [6, 6.07) is 3.51. The van der Waals surface area contributed by atoms with Crippen LogP contribution in [0.1, 0.15) is 70.3 Å². The molecular weight excluding hydrogens is 450 g/mol. The van der Waals surface area contributed by atoms with E-state index in [1.807, 2.05) is 26.8 Å². The highest BCUT2D eigenvalue weighted by Gasteiger charge is 2.68. The first-order valence-corrected chi connectivity index (χ1v) is 12.2. The van der Waals surface area contributed by atoms with Gasteiger partial charge in [0.25, 0.3) is 0 Å². The fourth-order valence-electron chi connectivity index (χ4n) is 5.87. The molecule has 3 aliphatic carbocycles. The minimum absolute atomic E-state index is 0.0648. The molecule has 4 aliphatic rings. The summed E-state index contributed by atoms with van der Waals surface area (Å²) in [5, 5.41) is -0.167. The van der Waals surface area contributed by atoms with Crippen molar-refractivity contribution in [1.82, 2.24) is 0 Å². The molecule has 176 valence electrons. The maximum Gasteiger partial charge on any atom is 0.477 e. The number of esters is 1. The van der Waals surface area contributed by atoms with E-state index in [1.165, 1.54) is 13.5 Å². The molecule has 8 heteroatoms. The number of carbonyl (C=O) groups is 1. The van der Waals surface area contributed by atoms with Crippen LogP contribution in [0.2, 0.25) is 5.02 Å². The van der Waals surface area contributed by atoms with Gasteiger partial charge in [0.2, 0.25) is 0 Å². The van der Waals surface area contributed by atoms with Crippen molar-refractivity contribution in [2.75, 3.05) is 7.11 Å². The topological polar surface area (TPSA) is 54.0 Å². The maximum absolute atomic E-state index is 12.8. The predicted molar refractivity (Wildman–Crippen MR) is 127 cm³/mol. The zero-order valence-corrected chi connectivity index (χ0v) is 21.5. The van der Waals surface area contributed by atoms with E-state index in [0.717, 1.165) is 12.0 Å². The number of alkyl halides is 1. The number of halogens is 2. The Morgan fingerprint density at radius 2 is 1.97 bits per heavy atom. The number of hydrogen-bond donors (Lipinski definition) is 0. The molecular formula is C24H33BCl2O5. The van der Waals surface area contributed by atoms with E-state index in [1.54, 1.807) is 6.07 Å². The lowest BCUT2D eigenvalue weighted by Crippen LogP contribution is -2.65. The van der Waals surface area contributed by atoms with E-state index < -0.39 is 24.0 Å². The van der Waals surface area contributed by atoms with Gasteiger partial charge in [-0.1, -0.05) is 31.5 Å². The van der Waals surface area contributed by atoms with Crippen molar-refractivity contribution in [1.29, 1.82) is 0 Å². The summed E-state index contributed by atoms with van der Waals surface area (Å²) in [6.07, 6.45) is 2.67. The monoisotopic (exact) mass is 482 g/mol. The predicted octanol–water partition coefficient (Wildman–Crippen LogP) is 5.72. The van der Waals surface area contributed by atoms with Crippen LogP contribution < -0.4 is 4.74 Å². The van der Waals surface area contributed by atoms with E-state index in [4.69, 9.17) is 42.0 Å². The Morgan fingerprint density at radius 1 is 1.28 bits per heavy atom. The molecule has 1 aromatic carbocycles. The molecule has 1 aliphatic heterocycles. The molecule has 0 radical (unpaired) electrons. The summed E-state index contributed by atoms with van der Waals surface area (Å²) in [6.45, 7) is 12.3. The first-order chi connectivity index (χ1) is 14.8. The number of methoxy groups -OCH3 is 1. The zero-order chi connectivity index (χ0) is 23.6. The van der Waals surface area contributed by atoms with Crippen molar-refractivity contribution in [2.24, 2.45) is 17.3 Å². The van der Waals surface area contributed by atoms with Crippen LogP contribution in [0.4, 0.5) is 0 Å². The van der Waals surface area contributed by atoms with Crippen LogP contribution in [-0.4, -0.2) is 42.8 Å². The fraction of sp³-hybridized carbons (Fsp3) is 0.708. The lowest BCUT2D eigenvalue weighted by Gasteiger charge is -2.64. The minimum Gasteiger partial charge on any atom is -0.496 e. The van der Waals surface area contributed by atoms with Gasteiger partial charge in [0.05, 0.1) is 29.1 Å². The summed E-state index contributed by atoms with van der Waals surface area (Å²) in [7, 11) is 0.993. The number of ether oxygens (including phenoxy) is 2. The van der Waals surface area contributed by atoms with E-state index in [0.29, 0.717) is 24.0 Å². The summed E-state index contributed by atoms with van der Waals surface area (Å²) in [4.78, 5) is 12.8. The Bertz CT molecular complexity index is 914. The van der Waals surface area contributed by atoms with Crippen LogP contribution in [0, 0.1) is 17.3 Å². The molecule has 1 unspecified atom stereocenters. The Balaban J connectivity index is 1.54. The van der Waals surface area contributed by atoms with Gasteiger partial charge in [-0.05, 0) is 75.8 Å². The molecule has 0 N–H and O–H groups in total. The average molecular weight is 483 g/mol. The Labute approximate surface area is 201 Å². The van der Waals surface area contributed by atoms with Crippen LogP contribution >= 0.6 is 23.2 Å². The van der Waals surface area contributed by atoms with Crippen molar-refractivity contribution in [3.8, 4) is 5.75 Å². The molecule has 1 saturated heterocycles. The SMILES string of the molecule is COc1c(C[C@@H](Cl)B2OC3C[C@H]4C[C@@H](C4(C)C)[C@]3(C)O2)ccc(Cl)c1C(=O)OC(C)(C)C. The molecule has 4 fully saturated rings. The molecule has 3 saturated carbocycles. The maximum atomic E-state index is 12.8. The second-order valence-corrected chi connectivity index (χ2v) is 12.1. The third-order valence-corrected chi connectivity index (χ3v) is 8.35. The molecule has 2 bridgehead atoms. The second kappa shape index (κ2) is 8.07. The quantitative estimate of drug-likeness (QED) is 0.305. The number of carbonyl (C=O) groups excluding carboxylic acids is 1. The van der Waals surface area contributed by atoms with Gasteiger partial charge in [-0.2, -0.15) is 0 Å². The third kappa shape index (κ3) is 3.95. The van der Waals surface area contributed by atoms with Crippen LogP contribution in [0.15, 0.2) is 12.1 Å². The lowest BCUT2D eigenvalue weighted by atomic mass is 9.43. The first kappa shape index (κ1) is 24.2. The van der Waals surface area contributed by atoms with Crippen LogP contribution in [0.5, 0.6) is 5.75 Å². The van der Waals surface area contributed by atoms with Gasteiger partial charge in [0.1, 0.15) is 16.9 Å². The number of hydrogen-bond acceptors (Lipinski definition) is 5. The third-order valence-electron chi connectivity index (χ3n) is 7.67. The summed E-state index contributed by atoms with van der Waals surface area (Å²) >= 11 is 13.2. The average Bonchev–Trinajstić information content (AvgIpc) is 3.04. The molecule has 0 amide bonds. The van der Waals surface area contributed by atoms with Crippen LogP contribution in [0.25, 0.3) is 0 Å². The van der Waals surface area contributed by atoms with Crippen molar-refractivity contribution in [2.45, 2.75) is 83.4 Å². The number of rotatable bonds is 5. The van der Waals surface area contributed by atoms with Gasteiger partial charge < -0.3 is 18.8 Å².